The molecule has 0 saturated carbocycles. The topological polar surface area (TPSA) is 12.4 Å². The van der Waals surface area contributed by atoms with Gasteiger partial charge >= 0.3 is 0 Å². The molecule has 138 valence electrons. The lowest BCUT2D eigenvalue weighted by atomic mass is 9.99. The fourth-order valence-corrected chi connectivity index (χ4v) is 2.56. The zero-order valence-electron chi connectivity index (χ0n) is 17.0. The summed E-state index contributed by atoms with van der Waals surface area (Å²) >= 11 is 0. The highest BCUT2D eigenvalue weighted by molar-refractivity contribution is 5.84. The zero-order chi connectivity index (χ0) is 19.4. The molecule has 1 atom stereocenters. The van der Waals surface area contributed by atoms with Crippen LogP contribution in [0.15, 0.2) is 83.4 Å². The Labute approximate surface area is 160 Å². The number of hydrogen-bond acceptors (Lipinski definition) is 1. The minimum absolute atomic E-state index is 0.192. The van der Waals surface area contributed by atoms with Crippen LogP contribution in [0.2, 0.25) is 0 Å². The fraction of sp³-hybridized carbons (Fsp3) is 0.320. The summed E-state index contributed by atoms with van der Waals surface area (Å²) in [6, 6.07) is 8.77. The summed E-state index contributed by atoms with van der Waals surface area (Å²) in [4.78, 5) is 4.68. The van der Waals surface area contributed by atoms with Gasteiger partial charge in [0.05, 0.1) is 6.04 Å². The molecule has 0 radical (unpaired) electrons. The van der Waals surface area contributed by atoms with Crippen molar-refractivity contribution in [3.63, 3.8) is 0 Å². The maximum absolute atomic E-state index is 4.68. The highest BCUT2D eigenvalue weighted by Crippen LogP contribution is 2.19. The maximum atomic E-state index is 4.68. The van der Waals surface area contributed by atoms with Gasteiger partial charge in [-0.25, -0.2) is 0 Å². The molecule has 0 heterocycles. The SMILES string of the molecule is C=C/C=C\C=C(\C)C/C=C(\C)C(C)/N=C\C=C(/C)c1ccccc1CC. The zero-order valence-corrected chi connectivity index (χ0v) is 17.0. The van der Waals surface area contributed by atoms with Crippen LogP contribution in [-0.4, -0.2) is 12.3 Å². The quantitative estimate of drug-likeness (QED) is 0.256. The van der Waals surface area contributed by atoms with Crippen molar-refractivity contribution in [2.24, 2.45) is 4.99 Å². The molecule has 1 heteroatoms. The molecule has 0 spiro atoms. The van der Waals surface area contributed by atoms with Crippen LogP contribution < -0.4 is 0 Å². The number of benzene rings is 1. The summed E-state index contributed by atoms with van der Waals surface area (Å²) in [5, 5.41) is 0. The predicted octanol–water partition coefficient (Wildman–Crippen LogP) is 7.14. The Bertz CT molecular complexity index is 726. The Morgan fingerprint density at radius 1 is 1.12 bits per heavy atom. The Hall–Kier alpha value is -2.41. The molecule has 0 aromatic heterocycles. The van der Waals surface area contributed by atoms with E-state index in [0.717, 1.165) is 12.8 Å². The van der Waals surface area contributed by atoms with E-state index >= 15 is 0 Å². The first-order valence-corrected chi connectivity index (χ1v) is 9.39. The molecule has 0 N–H and O–H groups in total. The summed E-state index contributed by atoms with van der Waals surface area (Å²) in [7, 11) is 0. The molecule has 1 aromatic rings. The number of aryl methyl sites for hydroxylation is 1. The number of aliphatic imine (C=N–C) groups is 1. The van der Waals surface area contributed by atoms with Crippen molar-refractivity contribution in [2.45, 2.75) is 53.5 Å². The van der Waals surface area contributed by atoms with Crippen LogP contribution in [0, 0.1) is 0 Å². The average Bonchev–Trinajstić information content (AvgIpc) is 2.65. The number of nitrogens with zero attached hydrogens (tertiary/aromatic N) is 1. The third-order valence-electron chi connectivity index (χ3n) is 4.49. The van der Waals surface area contributed by atoms with Crippen molar-refractivity contribution < 1.29 is 0 Å². The van der Waals surface area contributed by atoms with Crippen molar-refractivity contribution >= 4 is 11.8 Å². The van der Waals surface area contributed by atoms with Crippen LogP contribution in [-0.2, 0) is 6.42 Å². The van der Waals surface area contributed by atoms with E-state index in [2.05, 4.69) is 88.7 Å². The van der Waals surface area contributed by atoms with Crippen molar-refractivity contribution in [1.82, 2.24) is 0 Å². The first-order valence-electron chi connectivity index (χ1n) is 9.39. The molecule has 26 heavy (non-hydrogen) atoms. The van der Waals surface area contributed by atoms with Crippen LogP contribution in [0.4, 0.5) is 0 Å². The van der Waals surface area contributed by atoms with E-state index in [1.54, 1.807) is 6.08 Å². The molecule has 1 nitrogen and oxygen atoms in total. The van der Waals surface area contributed by atoms with E-state index < -0.39 is 0 Å². The smallest absolute Gasteiger partial charge is 0.0678 e. The summed E-state index contributed by atoms with van der Waals surface area (Å²) < 4.78 is 0. The van der Waals surface area contributed by atoms with Crippen LogP contribution in [0.3, 0.4) is 0 Å². The van der Waals surface area contributed by atoms with Gasteiger partial charge in [0, 0.05) is 6.21 Å². The van der Waals surface area contributed by atoms with Gasteiger partial charge in [-0.15, -0.1) is 0 Å². The van der Waals surface area contributed by atoms with Crippen LogP contribution in [0.5, 0.6) is 0 Å². The van der Waals surface area contributed by atoms with Gasteiger partial charge in [0.1, 0.15) is 0 Å². The van der Waals surface area contributed by atoms with E-state index in [1.807, 2.05) is 18.4 Å². The Balaban J connectivity index is 2.72. The largest absolute Gasteiger partial charge is 0.286 e. The van der Waals surface area contributed by atoms with Gasteiger partial charge < -0.3 is 0 Å². The van der Waals surface area contributed by atoms with Crippen LogP contribution in [0.1, 0.15) is 52.2 Å². The maximum Gasteiger partial charge on any atom is 0.0678 e. The number of rotatable bonds is 9. The second-order valence-electron chi connectivity index (χ2n) is 6.62. The first-order chi connectivity index (χ1) is 12.5. The molecule has 0 fully saturated rings. The molecule has 1 rings (SSSR count). The summed E-state index contributed by atoms with van der Waals surface area (Å²) in [5.41, 5.74) is 6.57. The fourth-order valence-electron chi connectivity index (χ4n) is 2.56. The molecular formula is C25H33N. The van der Waals surface area contributed by atoms with Crippen LogP contribution in [0.25, 0.3) is 5.57 Å². The van der Waals surface area contributed by atoms with Gasteiger partial charge in [-0.05, 0) is 63.3 Å². The number of hydrogen-bond donors (Lipinski definition) is 0. The third kappa shape index (κ3) is 7.65. The Morgan fingerprint density at radius 3 is 2.54 bits per heavy atom. The molecular weight excluding hydrogens is 314 g/mol. The van der Waals surface area contributed by atoms with Gasteiger partial charge in [-0.2, -0.15) is 0 Å². The Kier molecular flexibility index (Phi) is 10.0. The molecule has 0 saturated heterocycles. The van der Waals surface area contributed by atoms with E-state index in [0.29, 0.717) is 0 Å². The normalized spacial score (nSPS) is 15.0. The summed E-state index contributed by atoms with van der Waals surface area (Å²) in [6.45, 7) is 14.5. The van der Waals surface area contributed by atoms with Crippen LogP contribution >= 0.6 is 0 Å². The first kappa shape index (κ1) is 21.6. The van der Waals surface area contributed by atoms with Gasteiger partial charge in [0.25, 0.3) is 0 Å². The van der Waals surface area contributed by atoms with E-state index in [4.69, 9.17) is 0 Å². The molecule has 0 bridgehead atoms. The lowest BCUT2D eigenvalue weighted by Crippen LogP contribution is -2.00. The summed E-state index contributed by atoms with van der Waals surface area (Å²) in [5.74, 6) is 0. The van der Waals surface area contributed by atoms with E-state index in [9.17, 15) is 0 Å². The molecule has 0 aliphatic rings. The van der Waals surface area contributed by atoms with E-state index in [-0.39, 0.29) is 6.04 Å². The Morgan fingerprint density at radius 2 is 1.85 bits per heavy atom. The van der Waals surface area contributed by atoms with Crippen molar-refractivity contribution in [2.75, 3.05) is 0 Å². The average molecular weight is 348 g/mol. The van der Waals surface area contributed by atoms with Gasteiger partial charge in [0.2, 0.25) is 0 Å². The monoisotopic (exact) mass is 347 g/mol. The molecule has 1 unspecified atom stereocenters. The number of allylic oxidation sites excluding steroid dienone is 8. The minimum Gasteiger partial charge on any atom is -0.286 e. The molecule has 0 aliphatic heterocycles. The van der Waals surface area contributed by atoms with Crippen molar-refractivity contribution in [3.8, 4) is 0 Å². The lowest BCUT2D eigenvalue weighted by molar-refractivity contribution is 0.859. The summed E-state index contributed by atoms with van der Waals surface area (Å²) in [6.07, 6.45) is 16.2. The lowest BCUT2D eigenvalue weighted by Gasteiger charge is -2.08. The van der Waals surface area contributed by atoms with Crippen molar-refractivity contribution in [1.29, 1.82) is 0 Å². The van der Waals surface area contributed by atoms with E-state index in [1.165, 1.54) is 27.8 Å². The predicted molar refractivity (Wildman–Crippen MR) is 119 cm³/mol. The highest BCUT2D eigenvalue weighted by atomic mass is 14.7. The molecule has 0 aliphatic carbocycles. The second-order valence-corrected chi connectivity index (χ2v) is 6.62. The van der Waals surface area contributed by atoms with Gasteiger partial charge in [0.15, 0.2) is 0 Å². The molecule has 0 amide bonds. The van der Waals surface area contributed by atoms with Gasteiger partial charge in [-0.3, -0.25) is 4.99 Å². The highest BCUT2D eigenvalue weighted by Gasteiger charge is 2.02. The third-order valence-corrected chi connectivity index (χ3v) is 4.49. The minimum atomic E-state index is 0.192. The standard InChI is InChI=1S/C25H33N/c1-7-9-10-13-20(3)16-17-21(4)23(6)26-19-18-22(5)25-15-12-11-14-24(25)8-2/h7,9-15,17-19,23H,1,8,16H2,2-6H3/b10-9-,20-13-,21-17+,22-18+,26-19-. The molecule has 1 aromatic carbocycles. The van der Waals surface area contributed by atoms with Gasteiger partial charge in [-0.1, -0.05) is 79.3 Å². The van der Waals surface area contributed by atoms with Crippen molar-refractivity contribution in [3.05, 3.63) is 89.6 Å². The second kappa shape index (κ2) is 12.0.